The molecule has 0 bridgehead atoms. The number of nitrogens with zero attached hydrogens (tertiary/aromatic N) is 1. The van der Waals surface area contributed by atoms with E-state index >= 15 is 0 Å². The molecule has 0 spiro atoms. The number of nitrogens with one attached hydrogen (secondary N) is 1. The molecule has 0 saturated heterocycles. The molecule has 1 aliphatic rings. The van der Waals surface area contributed by atoms with Crippen LogP contribution >= 0.6 is 0 Å². The maximum atomic E-state index is 9.24. The molecule has 1 saturated carbocycles. The Morgan fingerprint density at radius 1 is 1.33 bits per heavy atom. The molecule has 0 amide bonds. The molecule has 0 heterocycles. The normalized spacial score (nSPS) is 27.3. The molecule has 1 fully saturated rings. The number of hydrogen-bond donors (Lipinski definition) is 1. The van der Waals surface area contributed by atoms with E-state index in [4.69, 9.17) is 9.47 Å². The van der Waals surface area contributed by atoms with Gasteiger partial charge in [-0.1, -0.05) is 20.3 Å². The molecule has 0 aromatic carbocycles. The first-order chi connectivity index (χ1) is 8.76. The average Bonchev–Trinajstić information content (AvgIpc) is 2.78. The van der Waals surface area contributed by atoms with Crippen LogP contribution in [0.2, 0.25) is 0 Å². The van der Waals surface area contributed by atoms with Gasteiger partial charge in [0.25, 0.3) is 0 Å². The fraction of sp³-hybridized carbons (Fsp3) is 0.929. The maximum absolute atomic E-state index is 9.24. The van der Waals surface area contributed by atoms with Crippen LogP contribution in [-0.2, 0) is 9.47 Å². The van der Waals surface area contributed by atoms with Gasteiger partial charge in [-0.2, -0.15) is 5.26 Å². The van der Waals surface area contributed by atoms with Gasteiger partial charge in [-0.25, -0.2) is 0 Å². The van der Waals surface area contributed by atoms with E-state index < -0.39 is 0 Å². The van der Waals surface area contributed by atoms with Gasteiger partial charge in [-0.15, -0.1) is 0 Å². The highest BCUT2D eigenvalue weighted by Crippen LogP contribution is 2.31. The molecule has 2 unspecified atom stereocenters. The average molecular weight is 254 g/mol. The molecular weight excluding hydrogens is 228 g/mol. The smallest absolute Gasteiger partial charge is 0.109 e. The van der Waals surface area contributed by atoms with Gasteiger partial charge in [0.15, 0.2) is 0 Å². The van der Waals surface area contributed by atoms with Crippen molar-refractivity contribution in [1.82, 2.24) is 5.32 Å². The molecule has 104 valence electrons. The second kappa shape index (κ2) is 8.47. The number of ether oxygens (including phenoxy) is 2. The van der Waals surface area contributed by atoms with Crippen LogP contribution in [0.25, 0.3) is 0 Å². The van der Waals surface area contributed by atoms with Crippen molar-refractivity contribution in [3.63, 3.8) is 0 Å². The molecule has 1 N–H and O–H groups in total. The summed E-state index contributed by atoms with van der Waals surface area (Å²) in [5.41, 5.74) is -0.359. The molecule has 4 heteroatoms. The highest BCUT2D eigenvalue weighted by atomic mass is 16.5. The second-order valence-electron chi connectivity index (χ2n) is 4.93. The fourth-order valence-corrected chi connectivity index (χ4v) is 2.40. The zero-order chi connectivity index (χ0) is 13.3. The van der Waals surface area contributed by atoms with Gasteiger partial charge in [-0.3, -0.25) is 5.32 Å². The summed E-state index contributed by atoms with van der Waals surface area (Å²) >= 11 is 0. The standard InChI is InChI=1S/C14H26N2O2/c1-3-5-8-17-9-10-18-13-6-7-14(11-13,12-15)16-4-2/h13,16H,3-11H2,1-2H3. The first-order valence-corrected chi connectivity index (χ1v) is 7.12. The number of hydrogen-bond acceptors (Lipinski definition) is 4. The molecule has 0 aromatic rings. The largest absolute Gasteiger partial charge is 0.379 e. The highest BCUT2D eigenvalue weighted by Gasteiger charge is 2.39. The van der Waals surface area contributed by atoms with E-state index in [1.807, 2.05) is 6.92 Å². The van der Waals surface area contributed by atoms with E-state index in [-0.39, 0.29) is 11.6 Å². The topological polar surface area (TPSA) is 54.3 Å². The second-order valence-corrected chi connectivity index (χ2v) is 4.93. The van der Waals surface area contributed by atoms with Gasteiger partial charge in [0, 0.05) is 13.0 Å². The van der Waals surface area contributed by atoms with Gasteiger partial charge >= 0.3 is 0 Å². The molecule has 0 radical (unpaired) electrons. The summed E-state index contributed by atoms with van der Waals surface area (Å²) in [7, 11) is 0. The quantitative estimate of drug-likeness (QED) is 0.641. The minimum absolute atomic E-state index is 0.207. The van der Waals surface area contributed by atoms with Crippen molar-refractivity contribution in [2.75, 3.05) is 26.4 Å². The van der Waals surface area contributed by atoms with E-state index in [0.29, 0.717) is 13.2 Å². The van der Waals surface area contributed by atoms with Crippen LogP contribution in [0, 0.1) is 11.3 Å². The minimum Gasteiger partial charge on any atom is -0.379 e. The monoisotopic (exact) mass is 254 g/mol. The Hall–Kier alpha value is -0.630. The van der Waals surface area contributed by atoms with Crippen molar-refractivity contribution in [3.8, 4) is 6.07 Å². The zero-order valence-corrected chi connectivity index (χ0v) is 11.7. The van der Waals surface area contributed by atoms with E-state index in [1.165, 1.54) is 0 Å². The Labute approximate surface area is 111 Å². The van der Waals surface area contributed by atoms with E-state index in [0.717, 1.165) is 45.3 Å². The molecule has 0 aliphatic heterocycles. The molecule has 4 nitrogen and oxygen atoms in total. The predicted molar refractivity (Wildman–Crippen MR) is 71.3 cm³/mol. The lowest BCUT2D eigenvalue weighted by Crippen LogP contribution is -2.41. The van der Waals surface area contributed by atoms with Crippen LogP contribution in [0.4, 0.5) is 0 Å². The summed E-state index contributed by atoms with van der Waals surface area (Å²) in [6.45, 7) is 7.15. The first kappa shape index (κ1) is 15.4. The summed E-state index contributed by atoms with van der Waals surface area (Å²) in [6.07, 6.45) is 5.14. The summed E-state index contributed by atoms with van der Waals surface area (Å²) in [5.74, 6) is 0. The number of nitriles is 1. The molecule has 18 heavy (non-hydrogen) atoms. The van der Waals surface area contributed by atoms with Crippen molar-refractivity contribution in [3.05, 3.63) is 0 Å². The Kier molecular flexibility index (Phi) is 7.26. The molecule has 2 atom stereocenters. The molecular formula is C14H26N2O2. The van der Waals surface area contributed by atoms with E-state index in [2.05, 4.69) is 18.3 Å². The van der Waals surface area contributed by atoms with Crippen molar-refractivity contribution in [1.29, 1.82) is 5.26 Å². The number of unbranched alkanes of at least 4 members (excludes halogenated alkanes) is 1. The van der Waals surface area contributed by atoms with Crippen LogP contribution < -0.4 is 5.32 Å². The summed E-state index contributed by atoms with van der Waals surface area (Å²) in [4.78, 5) is 0. The van der Waals surface area contributed by atoms with Gasteiger partial charge < -0.3 is 9.47 Å². The van der Waals surface area contributed by atoms with Crippen LogP contribution in [0.3, 0.4) is 0 Å². The van der Waals surface area contributed by atoms with Crippen LogP contribution in [-0.4, -0.2) is 38.0 Å². The molecule has 0 aromatic heterocycles. The maximum Gasteiger partial charge on any atom is 0.109 e. The van der Waals surface area contributed by atoms with Gasteiger partial charge in [0.1, 0.15) is 5.54 Å². The highest BCUT2D eigenvalue weighted by molar-refractivity contribution is 5.12. The Balaban J connectivity index is 2.13. The van der Waals surface area contributed by atoms with Crippen LogP contribution in [0.15, 0.2) is 0 Å². The Morgan fingerprint density at radius 3 is 2.83 bits per heavy atom. The Bertz CT molecular complexity index is 265. The SMILES string of the molecule is CCCCOCCOC1CCC(C#N)(NCC)C1. The lowest BCUT2D eigenvalue weighted by atomic mass is 10.00. The van der Waals surface area contributed by atoms with Crippen molar-refractivity contribution < 1.29 is 9.47 Å². The summed E-state index contributed by atoms with van der Waals surface area (Å²) < 4.78 is 11.2. The van der Waals surface area contributed by atoms with Crippen molar-refractivity contribution in [2.24, 2.45) is 0 Å². The molecule has 1 rings (SSSR count). The van der Waals surface area contributed by atoms with Crippen molar-refractivity contribution >= 4 is 0 Å². The van der Waals surface area contributed by atoms with Crippen LogP contribution in [0.1, 0.15) is 46.0 Å². The Morgan fingerprint density at radius 2 is 2.17 bits per heavy atom. The molecule has 1 aliphatic carbocycles. The van der Waals surface area contributed by atoms with Gasteiger partial charge in [-0.05, 0) is 25.8 Å². The lowest BCUT2D eigenvalue weighted by Gasteiger charge is -2.21. The minimum atomic E-state index is -0.359. The predicted octanol–water partition coefficient (Wildman–Crippen LogP) is 2.24. The van der Waals surface area contributed by atoms with Gasteiger partial charge in [0.2, 0.25) is 0 Å². The van der Waals surface area contributed by atoms with Gasteiger partial charge in [0.05, 0.1) is 25.4 Å². The fourth-order valence-electron chi connectivity index (χ4n) is 2.40. The number of rotatable bonds is 9. The lowest BCUT2D eigenvalue weighted by molar-refractivity contribution is 0.00544. The third kappa shape index (κ3) is 4.93. The van der Waals surface area contributed by atoms with E-state index in [1.54, 1.807) is 0 Å². The van der Waals surface area contributed by atoms with Crippen LogP contribution in [0.5, 0.6) is 0 Å². The first-order valence-electron chi connectivity index (χ1n) is 7.12. The van der Waals surface area contributed by atoms with E-state index in [9.17, 15) is 5.26 Å². The third-order valence-electron chi connectivity index (χ3n) is 3.42. The summed E-state index contributed by atoms with van der Waals surface area (Å²) in [6, 6.07) is 2.40. The summed E-state index contributed by atoms with van der Waals surface area (Å²) in [5, 5.41) is 12.5. The van der Waals surface area contributed by atoms with Crippen molar-refractivity contribution in [2.45, 2.75) is 57.6 Å². The zero-order valence-electron chi connectivity index (χ0n) is 11.7. The third-order valence-corrected chi connectivity index (χ3v) is 3.42.